The number of rotatable bonds is 8. The van der Waals surface area contributed by atoms with Gasteiger partial charge in [-0.05, 0) is 48.6 Å². The number of nitrogens with zero attached hydrogens (tertiary/aromatic N) is 1. The van der Waals surface area contributed by atoms with Crippen LogP contribution in [0, 0.1) is 0 Å². The molecular formula is C25H26ClNO. The first-order valence-electron chi connectivity index (χ1n) is 9.83. The Morgan fingerprint density at radius 2 is 1.39 bits per heavy atom. The molecule has 0 N–H and O–H groups in total. The van der Waals surface area contributed by atoms with Crippen molar-refractivity contribution in [2.45, 2.75) is 32.2 Å². The Morgan fingerprint density at radius 1 is 0.857 bits per heavy atom. The fourth-order valence-corrected chi connectivity index (χ4v) is 3.69. The molecule has 0 aliphatic rings. The van der Waals surface area contributed by atoms with Crippen LogP contribution in [0.4, 0.5) is 0 Å². The minimum atomic E-state index is -0.0598. The van der Waals surface area contributed by atoms with Crippen molar-refractivity contribution in [3.63, 3.8) is 0 Å². The molecule has 144 valence electrons. The van der Waals surface area contributed by atoms with Crippen molar-refractivity contribution in [1.82, 2.24) is 4.90 Å². The number of hydrogen-bond donors (Lipinski definition) is 0. The minimum Gasteiger partial charge on any atom is -0.332 e. The van der Waals surface area contributed by atoms with E-state index in [-0.39, 0.29) is 11.9 Å². The standard InChI is InChI=1S/C25H26ClNO/c1-2-27(24(28)15-9-10-20-16-18-23(26)19-17-20)25(21-11-5-3-6-12-21)22-13-7-4-8-14-22/h3-8,11-14,16-19,25H,2,9-10,15H2,1H3. The van der Waals surface area contributed by atoms with E-state index in [9.17, 15) is 4.79 Å². The number of hydrogen-bond acceptors (Lipinski definition) is 1. The summed E-state index contributed by atoms with van der Waals surface area (Å²) in [5.41, 5.74) is 3.49. The van der Waals surface area contributed by atoms with Gasteiger partial charge in [-0.15, -0.1) is 0 Å². The summed E-state index contributed by atoms with van der Waals surface area (Å²) < 4.78 is 0. The van der Waals surface area contributed by atoms with Crippen LogP contribution in [0.15, 0.2) is 84.9 Å². The number of amides is 1. The molecule has 0 aliphatic heterocycles. The Kier molecular flexibility index (Phi) is 7.27. The Bertz CT molecular complexity index is 823. The van der Waals surface area contributed by atoms with E-state index in [1.165, 1.54) is 5.56 Å². The molecule has 0 aliphatic carbocycles. The highest BCUT2D eigenvalue weighted by molar-refractivity contribution is 6.30. The van der Waals surface area contributed by atoms with E-state index < -0.39 is 0 Å². The third-order valence-corrected chi connectivity index (χ3v) is 5.22. The van der Waals surface area contributed by atoms with Gasteiger partial charge < -0.3 is 4.90 Å². The molecule has 0 unspecified atom stereocenters. The number of halogens is 1. The Morgan fingerprint density at radius 3 is 1.89 bits per heavy atom. The lowest BCUT2D eigenvalue weighted by Crippen LogP contribution is -2.35. The van der Waals surface area contributed by atoms with E-state index in [1.54, 1.807) is 0 Å². The Balaban J connectivity index is 1.74. The van der Waals surface area contributed by atoms with E-state index in [2.05, 4.69) is 31.2 Å². The Hall–Kier alpha value is -2.58. The van der Waals surface area contributed by atoms with Gasteiger partial charge in [0, 0.05) is 18.0 Å². The van der Waals surface area contributed by atoms with Gasteiger partial charge in [-0.3, -0.25) is 4.79 Å². The van der Waals surface area contributed by atoms with Gasteiger partial charge in [-0.1, -0.05) is 84.4 Å². The maximum atomic E-state index is 13.1. The van der Waals surface area contributed by atoms with Crippen molar-refractivity contribution in [3.05, 3.63) is 107 Å². The van der Waals surface area contributed by atoms with Gasteiger partial charge in [-0.25, -0.2) is 0 Å². The maximum absolute atomic E-state index is 13.1. The second-order valence-corrected chi connectivity index (χ2v) is 7.32. The normalized spacial score (nSPS) is 10.8. The molecule has 0 radical (unpaired) electrons. The molecule has 0 saturated carbocycles. The zero-order valence-corrected chi connectivity index (χ0v) is 17.0. The fraction of sp³-hybridized carbons (Fsp3) is 0.240. The highest BCUT2D eigenvalue weighted by atomic mass is 35.5. The van der Waals surface area contributed by atoms with Crippen molar-refractivity contribution in [3.8, 4) is 0 Å². The predicted molar refractivity (Wildman–Crippen MR) is 117 cm³/mol. The van der Waals surface area contributed by atoms with Crippen LogP contribution in [0.2, 0.25) is 5.02 Å². The summed E-state index contributed by atoms with van der Waals surface area (Å²) in [5.74, 6) is 0.189. The molecule has 3 rings (SSSR count). The van der Waals surface area contributed by atoms with Gasteiger partial charge in [-0.2, -0.15) is 0 Å². The fourth-order valence-electron chi connectivity index (χ4n) is 3.56. The zero-order valence-electron chi connectivity index (χ0n) is 16.2. The lowest BCUT2D eigenvalue weighted by molar-refractivity contribution is -0.132. The largest absolute Gasteiger partial charge is 0.332 e. The van der Waals surface area contributed by atoms with Crippen LogP contribution in [0.1, 0.15) is 42.5 Å². The van der Waals surface area contributed by atoms with Crippen molar-refractivity contribution in [2.24, 2.45) is 0 Å². The summed E-state index contributed by atoms with van der Waals surface area (Å²) >= 11 is 5.95. The molecule has 2 nitrogen and oxygen atoms in total. The molecule has 0 spiro atoms. The lowest BCUT2D eigenvalue weighted by atomic mass is 9.96. The first-order valence-corrected chi connectivity index (χ1v) is 10.2. The summed E-state index contributed by atoms with van der Waals surface area (Å²) in [4.78, 5) is 15.1. The van der Waals surface area contributed by atoms with Gasteiger partial charge in [0.05, 0.1) is 6.04 Å². The molecule has 3 heteroatoms. The predicted octanol–water partition coefficient (Wildman–Crippen LogP) is 6.30. The van der Waals surface area contributed by atoms with Gasteiger partial charge in [0.1, 0.15) is 0 Å². The SMILES string of the molecule is CCN(C(=O)CCCc1ccc(Cl)cc1)C(c1ccccc1)c1ccccc1. The van der Waals surface area contributed by atoms with E-state index in [0.29, 0.717) is 13.0 Å². The van der Waals surface area contributed by atoms with E-state index in [4.69, 9.17) is 11.6 Å². The number of benzene rings is 3. The van der Waals surface area contributed by atoms with E-state index >= 15 is 0 Å². The number of carbonyl (C=O) groups excluding carboxylic acids is 1. The molecule has 3 aromatic rings. The van der Waals surface area contributed by atoms with Crippen molar-refractivity contribution in [1.29, 1.82) is 0 Å². The quantitative estimate of drug-likeness (QED) is 0.441. The van der Waals surface area contributed by atoms with E-state index in [0.717, 1.165) is 29.0 Å². The zero-order chi connectivity index (χ0) is 19.8. The smallest absolute Gasteiger partial charge is 0.223 e. The molecule has 0 fully saturated rings. The van der Waals surface area contributed by atoms with Crippen LogP contribution in [-0.2, 0) is 11.2 Å². The molecule has 1 amide bonds. The molecule has 0 saturated heterocycles. The highest BCUT2D eigenvalue weighted by Crippen LogP contribution is 2.29. The summed E-state index contributed by atoms with van der Waals surface area (Å²) in [7, 11) is 0. The molecule has 0 bridgehead atoms. The molecule has 0 heterocycles. The Labute approximate surface area is 172 Å². The van der Waals surface area contributed by atoms with Crippen LogP contribution >= 0.6 is 11.6 Å². The first-order chi connectivity index (χ1) is 13.7. The summed E-state index contributed by atoms with van der Waals surface area (Å²) in [5, 5.41) is 0.741. The third-order valence-electron chi connectivity index (χ3n) is 4.97. The molecule has 0 aromatic heterocycles. The molecule has 0 atom stereocenters. The molecule has 28 heavy (non-hydrogen) atoms. The van der Waals surface area contributed by atoms with Gasteiger partial charge >= 0.3 is 0 Å². The highest BCUT2D eigenvalue weighted by Gasteiger charge is 2.24. The average Bonchev–Trinajstić information content (AvgIpc) is 2.74. The average molecular weight is 392 g/mol. The van der Waals surface area contributed by atoms with Gasteiger partial charge in [0.25, 0.3) is 0 Å². The molecular weight excluding hydrogens is 366 g/mol. The second kappa shape index (κ2) is 10.1. The second-order valence-electron chi connectivity index (χ2n) is 6.88. The van der Waals surface area contributed by atoms with Crippen LogP contribution in [0.5, 0.6) is 0 Å². The van der Waals surface area contributed by atoms with Crippen molar-refractivity contribution < 1.29 is 4.79 Å². The summed E-state index contributed by atoms with van der Waals surface area (Å²) in [6.07, 6.45) is 2.24. The van der Waals surface area contributed by atoms with Gasteiger partial charge in [0.2, 0.25) is 5.91 Å². The summed E-state index contributed by atoms with van der Waals surface area (Å²) in [6.45, 7) is 2.73. The van der Waals surface area contributed by atoms with E-state index in [1.807, 2.05) is 65.6 Å². The van der Waals surface area contributed by atoms with Crippen molar-refractivity contribution >= 4 is 17.5 Å². The summed E-state index contributed by atoms with van der Waals surface area (Å²) in [6, 6.07) is 28.3. The maximum Gasteiger partial charge on any atom is 0.223 e. The number of aryl methyl sites for hydroxylation is 1. The lowest BCUT2D eigenvalue weighted by Gasteiger charge is -2.32. The minimum absolute atomic E-state index is 0.0598. The van der Waals surface area contributed by atoms with Crippen LogP contribution in [0.3, 0.4) is 0 Å². The van der Waals surface area contributed by atoms with Gasteiger partial charge in [0.15, 0.2) is 0 Å². The van der Waals surface area contributed by atoms with Crippen LogP contribution in [0.25, 0.3) is 0 Å². The monoisotopic (exact) mass is 391 g/mol. The van der Waals surface area contributed by atoms with Crippen LogP contribution < -0.4 is 0 Å². The first kappa shape index (κ1) is 20.2. The van der Waals surface area contributed by atoms with Crippen molar-refractivity contribution in [2.75, 3.05) is 6.54 Å². The topological polar surface area (TPSA) is 20.3 Å². The van der Waals surface area contributed by atoms with Crippen LogP contribution in [-0.4, -0.2) is 17.4 Å². The third kappa shape index (κ3) is 5.24. The number of carbonyl (C=O) groups is 1. The molecule has 3 aromatic carbocycles.